The van der Waals surface area contributed by atoms with E-state index >= 15 is 0 Å². The van der Waals surface area contributed by atoms with E-state index in [2.05, 4.69) is 10.2 Å². The van der Waals surface area contributed by atoms with Gasteiger partial charge < -0.3 is 19.6 Å². The maximum absolute atomic E-state index is 13.1. The van der Waals surface area contributed by atoms with Crippen LogP contribution in [-0.2, 0) is 9.59 Å². The molecule has 3 rings (SSSR count). The van der Waals surface area contributed by atoms with Crippen LogP contribution in [0.1, 0.15) is 35.0 Å². The minimum atomic E-state index is -0.739. The molecule has 0 spiro atoms. The smallest absolute Gasteiger partial charge is 0.295 e. The summed E-state index contributed by atoms with van der Waals surface area (Å²) in [7, 11) is 5.45. The van der Waals surface area contributed by atoms with Crippen LogP contribution in [0.4, 0.5) is 0 Å². The Labute approximate surface area is 176 Å². The van der Waals surface area contributed by atoms with Crippen molar-refractivity contribution >= 4 is 17.4 Å². The van der Waals surface area contributed by atoms with E-state index in [0.717, 1.165) is 6.54 Å². The van der Waals surface area contributed by atoms with Gasteiger partial charge in [0, 0.05) is 17.8 Å². The lowest BCUT2D eigenvalue weighted by molar-refractivity contribution is -0.140. The predicted octanol–water partition coefficient (Wildman–Crippen LogP) is 2.41. The number of carbonyl (C=O) groups excluding carboxylic acids is 2. The van der Waals surface area contributed by atoms with Crippen LogP contribution in [0.15, 0.2) is 29.8 Å². The van der Waals surface area contributed by atoms with Crippen LogP contribution in [0, 0.1) is 13.8 Å². The van der Waals surface area contributed by atoms with Crippen LogP contribution in [0.2, 0.25) is 0 Å². The van der Waals surface area contributed by atoms with Crippen LogP contribution in [0.25, 0.3) is 5.76 Å². The number of aliphatic hydroxyl groups excluding tert-OH is 1. The molecule has 2 N–H and O–H groups in total. The van der Waals surface area contributed by atoms with Gasteiger partial charge in [-0.3, -0.25) is 14.7 Å². The monoisotopic (exact) mass is 412 g/mol. The fraction of sp³-hybridized carbons (Fsp3) is 0.409. The summed E-state index contributed by atoms with van der Waals surface area (Å²) in [6, 6.07) is 6.51. The number of methoxy groups -OCH3 is 1. The van der Waals surface area contributed by atoms with Crippen LogP contribution >= 0.6 is 0 Å². The van der Waals surface area contributed by atoms with E-state index in [9.17, 15) is 14.7 Å². The van der Waals surface area contributed by atoms with Crippen molar-refractivity contribution in [2.75, 3.05) is 34.3 Å². The molecule has 1 aliphatic rings. The molecule has 0 saturated carbocycles. The van der Waals surface area contributed by atoms with E-state index in [1.54, 1.807) is 27.0 Å². The second-order valence-electron chi connectivity index (χ2n) is 7.70. The second-order valence-corrected chi connectivity index (χ2v) is 7.70. The number of aliphatic hydroxyl groups is 1. The van der Waals surface area contributed by atoms with Crippen molar-refractivity contribution in [1.82, 2.24) is 20.0 Å². The van der Waals surface area contributed by atoms with Gasteiger partial charge in [-0.25, -0.2) is 0 Å². The Hall–Kier alpha value is -3.13. The number of aryl methyl sites for hydroxylation is 2. The largest absolute Gasteiger partial charge is 0.507 e. The zero-order chi connectivity index (χ0) is 22.0. The number of ether oxygens (including phenoxy) is 1. The zero-order valence-corrected chi connectivity index (χ0v) is 18.0. The third-order valence-electron chi connectivity index (χ3n) is 5.34. The number of hydrogen-bond acceptors (Lipinski definition) is 6. The van der Waals surface area contributed by atoms with Crippen molar-refractivity contribution in [2.45, 2.75) is 26.3 Å². The van der Waals surface area contributed by atoms with E-state index in [-0.39, 0.29) is 11.3 Å². The fourth-order valence-corrected chi connectivity index (χ4v) is 3.92. The molecule has 0 unspecified atom stereocenters. The molecule has 8 nitrogen and oxygen atoms in total. The van der Waals surface area contributed by atoms with Crippen molar-refractivity contribution in [3.63, 3.8) is 0 Å². The lowest BCUT2D eigenvalue weighted by Crippen LogP contribution is -2.32. The highest BCUT2D eigenvalue weighted by Gasteiger charge is 2.47. The Bertz CT molecular complexity index is 973. The molecule has 1 aromatic carbocycles. The predicted molar refractivity (Wildman–Crippen MR) is 113 cm³/mol. The summed E-state index contributed by atoms with van der Waals surface area (Å²) in [5.74, 6) is -0.991. The minimum absolute atomic E-state index is 0.0574. The van der Waals surface area contributed by atoms with Crippen molar-refractivity contribution in [1.29, 1.82) is 0 Å². The number of nitrogens with one attached hydrogen (secondary N) is 1. The molecule has 1 saturated heterocycles. The molecule has 0 bridgehead atoms. The fourth-order valence-electron chi connectivity index (χ4n) is 3.92. The van der Waals surface area contributed by atoms with Gasteiger partial charge in [-0.15, -0.1) is 0 Å². The Morgan fingerprint density at radius 2 is 1.97 bits per heavy atom. The number of hydrogen-bond donors (Lipinski definition) is 2. The maximum atomic E-state index is 13.1. The quantitative estimate of drug-likeness (QED) is 0.412. The molecule has 8 heteroatoms. The molecule has 2 heterocycles. The van der Waals surface area contributed by atoms with Crippen LogP contribution in [0.5, 0.6) is 5.75 Å². The average molecular weight is 412 g/mol. The first-order chi connectivity index (χ1) is 14.3. The number of nitrogens with zero attached hydrogens (tertiary/aromatic N) is 3. The van der Waals surface area contributed by atoms with Gasteiger partial charge >= 0.3 is 0 Å². The first-order valence-electron chi connectivity index (χ1n) is 9.85. The number of ketones is 1. The van der Waals surface area contributed by atoms with E-state index < -0.39 is 17.7 Å². The topological polar surface area (TPSA) is 98.8 Å². The van der Waals surface area contributed by atoms with E-state index in [0.29, 0.717) is 41.2 Å². The first kappa shape index (κ1) is 21.6. The molecular formula is C22H28N4O4. The van der Waals surface area contributed by atoms with Crippen molar-refractivity contribution in [3.05, 3.63) is 52.4 Å². The molecule has 1 amide bonds. The highest BCUT2D eigenvalue weighted by Crippen LogP contribution is 2.43. The molecule has 0 radical (unpaired) electrons. The molecule has 30 heavy (non-hydrogen) atoms. The van der Waals surface area contributed by atoms with Gasteiger partial charge in [0.15, 0.2) is 0 Å². The number of H-pyrrole nitrogens is 1. The number of para-hydroxylation sites is 1. The Morgan fingerprint density at radius 1 is 1.27 bits per heavy atom. The molecule has 160 valence electrons. The van der Waals surface area contributed by atoms with Gasteiger partial charge in [-0.1, -0.05) is 18.2 Å². The summed E-state index contributed by atoms with van der Waals surface area (Å²) in [4.78, 5) is 29.6. The highest BCUT2D eigenvalue weighted by molar-refractivity contribution is 6.46. The SMILES string of the molecule is COc1ccccc1[C@@H]1/C(=C(\O)c2c(C)n[nH]c2C)C(=O)C(=O)N1CCCN(C)C. The molecule has 1 atom stereocenters. The van der Waals surface area contributed by atoms with Gasteiger partial charge in [0.2, 0.25) is 0 Å². The van der Waals surface area contributed by atoms with E-state index in [1.165, 1.54) is 4.90 Å². The summed E-state index contributed by atoms with van der Waals surface area (Å²) in [6.45, 7) is 4.65. The Kier molecular flexibility index (Phi) is 6.26. The molecule has 1 aromatic heterocycles. The van der Waals surface area contributed by atoms with Gasteiger partial charge in [0.25, 0.3) is 11.7 Å². The highest BCUT2D eigenvalue weighted by atomic mass is 16.5. The summed E-state index contributed by atoms with van der Waals surface area (Å²) < 4.78 is 5.51. The molecule has 1 aliphatic heterocycles. The summed E-state index contributed by atoms with van der Waals surface area (Å²) in [6.07, 6.45) is 0.690. The van der Waals surface area contributed by atoms with Crippen LogP contribution in [-0.4, -0.2) is 71.1 Å². The number of benzene rings is 1. The number of amides is 1. The van der Waals surface area contributed by atoms with Crippen LogP contribution < -0.4 is 4.74 Å². The molecule has 1 fully saturated rings. The van der Waals surface area contributed by atoms with Gasteiger partial charge in [0.1, 0.15) is 11.5 Å². The van der Waals surface area contributed by atoms with Crippen molar-refractivity contribution < 1.29 is 19.4 Å². The number of Topliss-reactive ketones (excluding diaryl/α,β-unsaturated/α-hetero) is 1. The normalized spacial score (nSPS) is 18.5. The third kappa shape index (κ3) is 3.82. The molecular weight excluding hydrogens is 384 g/mol. The Morgan fingerprint density at radius 3 is 2.57 bits per heavy atom. The average Bonchev–Trinajstić information content (AvgIpc) is 3.18. The zero-order valence-electron chi connectivity index (χ0n) is 18.0. The molecule has 2 aromatic rings. The number of aromatic nitrogens is 2. The third-order valence-corrected chi connectivity index (χ3v) is 5.34. The Balaban J connectivity index is 2.17. The second kappa shape index (κ2) is 8.71. The number of aromatic amines is 1. The van der Waals surface area contributed by atoms with E-state index in [4.69, 9.17) is 4.74 Å². The minimum Gasteiger partial charge on any atom is -0.507 e. The summed E-state index contributed by atoms with van der Waals surface area (Å²) in [5.41, 5.74) is 2.35. The summed E-state index contributed by atoms with van der Waals surface area (Å²) in [5, 5.41) is 18.1. The van der Waals surface area contributed by atoms with Gasteiger partial charge in [-0.05, 0) is 47.0 Å². The lowest BCUT2D eigenvalue weighted by atomic mass is 9.94. The van der Waals surface area contributed by atoms with Crippen LogP contribution in [0.3, 0.4) is 0 Å². The lowest BCUT2D eigenvalue weighted by Gasteiger charge is -2.27. The van der Waals surface area contributed by atoms with Gasteiger partial charge in [-0.2, -0.15) is 5.10 Å². The van der Waals surface area contributed by atoms with Crippen molar-refractivity contribution in [2.24, 2.45) is 0 Å². The maximum Gasteiger partial charge on any atom is 0.295 e. The standard InChI is InChI=1S/C22H28N4O4/c1-13-17(14(2)24-23-13)20(27)18-19(15-9-6-7-10-16(15)30-5)26(22(29)21(18)28)12-8-11-25(3)4/h6-7,9-10,19,27H,8,11-12H2,1-5H3,(H,23,24)/b20-18+/t19-/m1/s1. The molecule has 0 aliphatic carbocycles. The number of carbonyl (C=O) groups is 2. The number of rotatable bonds is 7. The summed E-state index contributed by atoms with van der Waals surface area (Å²) >= 11 is 0. The van der Waals surface area contributed by atoms with Crippen molar-refractivity contribution in [3.8, 4) is 5.75 Å². The number of likely N-dealkylation sites (tertiary alicyclic amines) is 1. The van der Waals surface area contributed by atoms with E-state index in [1.807, 2.05) is 37.2 Å². The first-order valence-corrected chi connectivity index (χ1v) is 9.85. The van der Waals surface area contributed by atoms with Gasteiger partial charge in [0.05, 0.1) is 30.0 Å².